The van der Waals surface area contributed by atoms with Gasteiger partial charge < -0.3 is 14.5 Å². The second-order valence-electron chi connectivity index (χ2n) is 5.29. The maximum atomic E-state index is 12.2. The molecule has 1 aromatic carbocycles. The first-order valence-corrected chi connectivity index (χ1v) is 6.98. The van der Waals surface area contributed by atoms with Crippen LogP contribution in [-0.2, 0) is 16.1 Å². The summed E-state index contributed by atoms with van der Waals surface area (Å²) in [4.78, 5) is 26.7. The number of hydrogen-bond donors (Lipinski definition) is 0. The molecular weight excluding hydrogens is 256 g/mol. The zero-order chi connectivity index (χ0) is 13.9. The average Bonchev–Trinajstić information content (AvgIpc) is 3.07. The molecule has 2 amide bonds. The summed E-state index contributed by atoms with van der Waals surface area (Å²) in [6, 6.07) is 9.96. The Morgan fingerprint density at radius 3 is 2.70 bits per heavy atom. The number of amides is 2. The Kier molecular flexibility index (Phi) is 3.58. The van der Waals surface area contributed by atoms with E-state index in [1.807, 2.05) is 30.3 Å². The second-order valence-corrected chi connectivity index (χ2v) is 5.29. The molecule has 0 N–H and O–H groups in total. The summed E-state index contributed by atoms with van der Waals surface area (Å²) >= 11 is 0. The number of carbonyl (C=O) groups excluding carboxylic acids is 2. The van der Waals surface area contributed by atoms with Crippen LogP contribution in [0, 0.1) is 0 Å². The van der Waals surface area contributed by atoms with Crippen molar-refractivity contribution in [2.24, 2.45) is 0 Å². The fourth-order valence-electron chi connectivity index (χ4n) is 3.18. The number of fused-ring (bicyclic) bond motifs is 1. The van der Waals surface area contributed by atoms with E-state index in [9.17, 15) is 9.59 Å². The third-order valence-corrected chi connectivity index (χ3v) is 4.19. The van der Waals surface area contributed by atoms with Gasteiger partial charge in [-0.05, 0) is 18.4 Å². The zero-order valence-electron chi connectivity index (χ0n) is 11.3. The van der Waals surface area contributed by atoms with E-state index in [0.717, 1.165) is 31.4 Å². The van der Waals surface area contributed by atoms with Gasteiger partial charge in [0.05, 0.1) is 12.1 Å². The predicted molar refractivity (Wildman–Crippen MR) is 72.9 cm³/mol. The molecule has 0 spiro atoms. The van der Waals surface area contributed by atoms with Crippen molar-refractivity contribution in [1.82, 2.24) is 9.80 Å². The number of carbonyl (C=O) groups is 2. The highest BCUT2D eigenvalue weighted by atomic mass is 16.6. The molecule has 20 heavy (non-hydrogen) atoms. The van der Waals surface area contributed by atoms with Gasteiger partial charge in [-0.1, -0.05) is 30.3 Å². The van der Waals surface area contributed by atoms with Gasteiger partial charge in [0.25, 0.3) is 0 Å². The Labute approximate surface area is 118 Å². The number of likely N-dealkylation sites (tertiary alicyclic amines) is 2. The van der Waals surface area contributed by atoms with E-state index in [-0.39, 0.29) is 18.2 Å². The van der Waals surface area contributed by atoms with Crippen LogP contribution in [-0.4, -0.2) is 47.5 Å². The molecule has 2 atom stereocenters. The van der Waals surface area contributed by atoms with E-state index < -0.39 is 0 Å². The third-order valence-electron chi connectivity index (χ3n) is 4.19. The maximum Gasteiger partial charge on any atom is 0.410 e. The Balaban J connectivity index is 1.57. The van der Waals surface area contributed by atoms with Gasteiger partial charge in [-0.25, -0.2) is 4.79 Å². The molecule has 0 saturated carbocycles. The molecule has 5 heteroatoms. The lowest BCUT2D eigenvalue weighted by atomic mass is 10.1. The molecule has 2 heterocycles. The lowest BCUT2D eigenvalue weighted by molar-refractivity contribution is -0.118. The number of nitrogens with zero attached hydrogens (tertiary/aromatic N) is 2. The summed E-state index contributed by atoms with van der Waals surface area (Å²) in [6.45, 7) is 1.71. The van der Waals surface area contributed by atoms with Crippen molar-refractivity contribution in [3.63, 3.8) is 0 Å². The Morgan fingerprint density at radius 2 is 1.95 bits per heavy atom. The quantitative estimate of drug-likeness (QED) is 0.787. The van der Waals surface area contributed by atoms with Gasteiger partial charge in [-0.3, -0.25) is 4.79 Å². The van der Waals surface area contributed by atoms with Crippen LogP contribution in [0.4, 0.5) is 4.79 Å². The van der Waals surface area contributed by atoms with Gasteiger partial charge in [0.1, 0.15) is 6.61 Å². The fourth-order valence-corrected chi connectivity index (χ4v) is 3.18. The van der Waals surface area contributed by atoms with Crippen molar-refractivity contribution in [2.75, 3.05) is 13.1 Å². The van der Waals surface area contributed by atoms with Gasteiger partial charge in [-0.15, -0.1) is 0 Å². The highest BCUT2D eigenvalue weighted by Crippen LogP contribution is 2.31. The van der Waals surface area contributed by atoms with Crippen molar-refractivity contribution in [2.45, 2.75) is 31.5 Å². The molecule has 2 unspecified atom stereocenters. The first kappa shape index (κ1) is 13.0. The molecule has 0 aromatic heterocycles. The Morgan fingerprint density at radius 1 is 1.20 bits per heavy atom. The topological polar surface area (TPSA) is 49.9 Å². The monoisotopic (exact) mass is 274 g/mol. The van der Waals surface area contributed by atoms with Crippen LogP contribution in [0.1, 0.15) is 18.4 Å². The van der Waals surface area contributed by atoms with Crippen LogP contribution in [0.2, 0.25) is 0 Å². The minimum atomic E-state index is -0.269. The minimum absolute atomic E-state index is 0.128. The standard InChI is InChI=1S/C15H18N2O3/c18-11-16-8-6-14-13(16)7-9-17(14)15(19)20-10-12-4-2-1-3-5-12/h1-5,11,13-14H,6-10H2. The molecule has 2 saturated heterocycles. The summed E-state index contributed by atoms with van der Waals surface area (Å²) in [6.07, 6.45) is 2.33. The first-order valence-electron chi connectivity index (χ1n) is 6.98. The Hall–Kier alpha value is -2.04. The molecule has 0 radical (unpaired) electrons. The summed E-state index contributed by atoms with van der Waals surface area (Å²) in [7, 11) is 0. The van der Waals surface area contributed by atoms with Gasteiger partial charge in [0.2, 0.25) is 6.41 Å². The lowest BCUT2D eigenvalue weighted by Gasteiger charge is -2.23. The molecule has 2 aliphatic rings. The van der Waals surface area contributed by atoms with E-state index in [0.29, 0.717) is 13.2 Å². The predicted octanol–water partition coefficient (Wildman–Crippen LogP) is 1.63. The smallest absolute Gasteiger partial charge is 0.410 e. The van der Waals surface area contributed by atoms with Crippen molar-refractivity contribution >= 4 is 12.5 Å². The van der Waals surface area contributed by atoms with Gasteiger partial charge >= 0.3 is 6.09 Å². The van der Waals surface area contributed by atoms with E-state index in [2.05, 4.69) is 0 Å². The number of rotatable bonds is 3. The van der Waals surface area contributed by atoms with E-state index in [4.69, 9.17) is 4.74 Å². The highest BCUT2D eigenvalue weighted by molar-refractivity contribution is 5.69. The average molecular weight is 274 g/mol. The van der Waals surface area contributed by atoms with Gasteiger partial charge in [-0.2, -0.15) is 0 Å². The fraction of sp³-hybridized carbons (Fsp3) is 0.467. The summed E-state index contributed by atoms with van der Waals surface area (Å²) < 4.78 is 5.37. The molecule has 1 aromatic rings. The van der Waals surface area contributed by atoms with Crippen LogP contribution < -0.4 is 0 Å². The number of benzene rings is 1. The molecular formula is C15H18N2O3. The van der Waals surface area contributed by atoms with Crippen LogP contribution in [0.25, 0.3) is 0 Å². The summed E-state index contributed by atoms with van der Waals surface area (Å²) in [5, 5.41) is 0. The lowest BCUT2D eigenvalue weighted by Crippen LogP contribution is -2.39. The van der Waals surface area contributed by atoms with Crippen molar-refractivity contribution in [1.29, 1.82) is 0 Å². The Bertz CT molecular complexity index is 491. The van der Waals surface area contributed by atoms with E-state index >= 15 is 0 Å². The van der Waals surface area contributed by atoms with Crippen molar-refractivity contribution in [3.05, 3.63) is 35.9 Å². The minimum Gasteiger partial charge on any atom is -0.445 e. The second kappa shape index (κ2) is 5.53. The van der Waals surface area contributed by atoms with Gasteiger partial charge in [0, 0.05) is 13.1 Å². The summed E-state index contributed by atoms with van der Waals surface area (Å²) in [5.74, 6) is 0. The first-order chi connectivity index (χ1) is 9.79. The van der Waals surface area contributed by atoms with E-state index in [1.165, 1.54) is 0 Å². The van der Waals surface area contributed by atoms with Gasteiger partial charge in [0.15, 0.2) is 0 Å². The van der Waals surface area contributed by atoms with Crippen LogP contribution in [0.15, 0.2) is 30.3 Å². The van der Waals surface area contributed by atoms with E-state index in [1.54, 1.807) is 9.80 Å². The maximum absolute atomic E-state index is 12.2. The molecule has 0 aliphatic carbocycles. The molecule has 3 rings (SSSR count). The largest absolute Gasteiger partial charge is 0.445 e. The SMILES string of the molecule is O=CN1CCC2C1CCN2C(=O)OCc1ccccc1. The molecule has 5 nitrogen and oxygen atoms in total. The van der Waals surface area contributed by atoms with Crippen LogP contribution >= 0.6 is 0 Å². The number of hydrogen-bond acceptors (Lipinski definition) is 3. The van der Waals surface area contributed by atoms with Crippen molar-refractivity contribution in [3.8, 4) is 0 Å². The highest BCUT2D eigenvalue weighted by Gasteiger charge is 2.44. The molecule has 2 fully saturated rings. The molecule has 106 valence electrons. The van der Waals surface area contributed by atoms with Crippen LogP contribution in [0.5, 0.6) is 0 Å². The summed E-state index contributed by atoms with van der Waals surface area (Å²) in [5.41, 5.74) is 0.984. The molecule has 2 aliphatic heterocycles. The van der Waals surface area contributed by atoms with Crippen molar-refractivity contribution < 1.29 is 14.3 Å². The van der Waals surface area contributed by atoms with Crippen LogP contribution in [0.3, 0.4) is 0 Å². The molecule has 0 bridgehead atoms. The number of ether oxygens (including phenoxy) is 1. The normalized spacial score (nSPS) is 24.6. The third kappa shape index (κ3) is 2.35. The zero-order valence-corrected chi connectivity index (χ0v) is 11.3.